The van der Waals surface area contributed by atoms with E-state index in [0.29, 0.717) is 113 Å². The van der Waals surface area contributed by atoms with Gasteiger partial charge in [0.2, 0.25) is 23.3 Å². The second-order valence-electron chi connectivity index (χ2n) is 27.5. The number of benzene rings is 5. The Bertz CT molecular complexity index is 5260. The molecule has 0 saturated carbocycles. The van der Waals surface area contributed by atoms with Crippen LogP contribution in [0.1, 0.15) is 195 Å². The molecule has 13 rings (SSSR count). The molecule has 13 N–H and O–H groups in total. The number of halogens is 3. The van der Waals surface area contributed by atoms with E-state index in [1.165, 1.54) is 0 Å². The van der Waals surface area contributed by atoms with Crippen LogP contribution >= 0.6 is 59.9 Å². The number of rotatable bonds is 17. The minimum absolute atomic E-state index is 0. The summed E-state index contributed by atoms with van der Waals surface area (Å²) in [5, 5.41) is 89.4. The van der Waals surface area contributed by atoms with Gasteiger partial charge in [0.05, 0.1) is 109 Å². The van der Waals surface area contributed by atoms with E-state index in [-0.39, 0.29) is 71.1 Å². The number of aryl methyl sites for hydroxylation is 5. The molecule has 5 aromatic heterocycles. The number of aromatic hydroxyl groups is 2. The fraction of sp³-hybridized carbons (Fsp3) is 0.311. The number of carbonyl (C=O) groups is 1. The summed E-state index contributed by atoms with van der Waals surface area (Å²) in [6.07, 6.45) is 11.0. The number of amidine groups is 1. The molecule has 0 bridgehead atoms. The van der Waals surface area contributed by atoms with Crippen molar-refractivity contribution in [1.29, 1.82) is 26.6 Å². The van der Waals surface area contributed by atoms with Crippen LogP contribution in [0.2, 0.25) is 0 Å². The number of ether oxygens (including phenoxy) is 7. The number of aliphatic hydroxyl groups excluding tert-OH is 2. The molecule has 3 aliphatic heterocycles. The molecule has 648 valence electrons. The number of hydrogen-bond acceptors (Lipinski definition) is 27. The fourth-order valence-electron chi connectivity index (χ4n) is 11.1. The third kappa shape index (κ3) is 32.0. The molecule has 3 aliphatic rings. The first-order valence-electron chi connectivity index (χ1n) is 36.6. The summed E-state index contributed by atoms with van der Waals surface area (Å²) < 4.78 is 39.6. The number of pyridine rings is 5. The fourth-order valence-corrected chi connectivity index (χ4v) is 11.1. The number of nitriles is 3. The molecule has 8 heterocycles. The van der Waals surface area contributed by atoms with Gasteiger partial charge in [0.1, 0.15) is 23.1 Å². The van der Waals surface area contributed by atoms with Crippen LogP contribution in [0.3, 0.4) is 0 Å². The van der Waals surface area contributed by atoms with E-state index in [1.54, 1.807) is 130 Å². The van der Waals surface area contributed by atoms with Crippen LogP contribution in [0.15, 0.2) is 157 Å². The number of aliphatic imine (C=N–C) groups is 1. The molecule has 0 saturated heterocycles. The summed E-state index contributed by atoms with van der Waals surface area (Å²) in [7, 11) is 0. The van der Waals surface area contributed by atoms with Crippen molar-refractivity contribution < 1.29 is 63.3 Å². The molecular formula is C90H110I3N16O12V. The third-order valence-electron chi connectivity index (χ3n) is 17.6. The van der Waals surface area contributed by atoms with Crippen molar-refractivity contribution >= 4 is 113 Å². The molecule has 0 amide bonds. The second-order valence-corrected chi connectivity index (χ2v) is 62.9. The summed E-state index contributed by atoms with van der Waals surface area (Å²) in [5.41, 5.74) is 29.3. The van der Waals surface area contributed by atoms with Crippen molar-refractivity contribution in [2.24, 2.45) is 10.7 Å². The molecule has 10 aromatic rings. The number of hydrogen-bond donors (Lipinski definition) is 11. The van der Waals surface area contributed by atoms with Gasteiger partial charge >= 0.3 is 64.9 Å². The number of nitrogens with zero attached hydrogens (tertiary/aromatic N) is 9. The maximum atomic E-state index is 10.8. The molecule has 122 heavy (non-hydrogen) atoms. The van der Waals surface area contributed by atoms with Gasteiger partial charge < -0.3 is 81.0 Å². The van der Waals surface area contributed by atoms with Crippen LogP contribution in [0.4, 0.5) is 28.4 Å². The van der Waals surface area contributed by atoms with Gasteiger partial charge in [-0.2, -0.15) is 15.8 Å². The van der Waals surface area contributed by atoms with Crippen LogP contribution in [0, 0.1) is 79.4 Å². The van der Waals surface area contributed by atoms with Gasteiger partial charge in [-0.1, -0.05) is 29.7 Å². The van der Waals surface area contributed by atoms with E-state index in [9.17, 15) is 25.2 Å². The van der Waals surface area contributed by atoms with Crippen molar-refractivity contribution in [3.8, 4) is 47.0 Å². The Hall–Kier alpha value is -10.6. The van der Waals surface area contributed by atoms with Crippen molar-refractivity contribution in [3.05, 3.63) is 264 Å². The molecule has 32 heteroatoms. The van der Waals surface area contributed by atoms with Gasteiger partial charge in [0, 0.05) is 171 Å². The molecule has 28 nitrogen and oxygen atoms in total. The average Bonchev–Trinajstić information content (AvgIpc) is 0.788. The Balaban J connectivity index is 0.000000378. The standard InChI is InChI=1S/C18H19N3O2.C18H17N3O2.C17H21N3O3.C15H18N4O2.C11H13NO3.C7H6N2.4CH4.3HI.V/c2*1-12-17-16(11-22-18(2,3)23-17)14(9-20-12)10-21-15-6-4-13(8-19)5-7-15;1-3-23-17(18)12-4-6-14(7-5-12)20-9-13-8-19-11(2)16(22)15(13)10-21;1-9-14(21)13(8-20)11(6-18-9)7-19-12-4-2-10(3-5-12)15(16)17;1-7-10-9(8(5-13)4-12-7)6-14-11(2,3)15-10;8-5-6-1-3-7(9)4-2-6;;;;;;;;/h4-7,9,21H,10-11H2,1-3H3;4-7,9-10H,11H2,1-3H3;4-8,18,20-22H,3,9-10H2,1-2H3;2-6,19-21H,7-8H2,1H3,(H3,16,17);4-5H,6H2,1-3H3;1-4H,9H2;4*1H4;3*1H;/q;;;;;;;;;;;;;+3/p-3. The van der Waals surface area contributed by atoms with E-state index >= 15 is 0 Å². The van der Waals surface area contributed by atoms with E-state index in [2.05, 4.69) is 118 Å². The minimum atomic E-state index is -0.652. The summed E-state index contributed by atoms with van der Waals surface area (Å²) in [5.74, 6) is 0.574. The van der Waals surface area contributed by atoms with Crippen molar-refractivity contribution in [1.82, 2.24) is 24.9 Å². The number of aromatic nitrogens is 5. The number of anilines is 4. The summed E-state index contributed by atoms with van der Waals surface area (Å²) in [6, 6.07) is 41.9. The molecule has 5 aromatic carbocycles. The molecule has 0 fully saturated rings. The number of aliphatic hydroxyl groups is 2. The van der Waals surface area contributed by atoms with E-state index in [1.807, 2.05) is 118 Å². The maximum absolute atomic E-state index is 10.8. The molecule has 0 spiro atoms. The summed E-state index contributed by atoms with van der Waals surface area (Å²) >= 11 is 7.39. The predicted octanol–water partition coefficient (Wildman–Crippen LogP) is 19.4. The number of aldehydes is 1. The van der Waals surface area contributed by atoms with E-state index < -0.39 is 17.4 Å². The number of nitrogens with one attached hydrogen (secondary N) is 5. The molecular weight excluding hydrogens is 1930 g/mol. The number of nitrogens with two attached hydrogens (primary N) is 2. The Kier molecular flexibility index (Phi) is 43.9. The average molecular weight is 2040 g/mol. The van der Waals surface area contributed by atoms with E-state index in [0.717, 1.165) is 96.6 Å². The first kappa shape index (κ1) is 106. The zero-order valence-corrected chi connectivity index (χ0v) is 75.1. The normalized spacial score (nSPS) is 12.7. The Morgan fingerprint density at radius 2 is 0.852 bits per heavy atom. The predicted molar refractivity (Wildman–Crippen MR) is 502 cm³/mol. The van der Waals surface area contributed by atoms with Gasteiger partial charge in [0.15, 0.2) is 17.8 Å². The topological polar surface area (TPSA) is 447 Å². The quantitative estimate of drug-likeness (QED) is 0.0133. The molecule has 0 aliphatic carbocycles. The zero-order valence-electron chi connectivity index (χ0n) is 67.3. The first-order chi connectivity index (χ1) is 56.1. The van der Waals surface area contributed by atoms with Crippen molar-refractivity contribution in [2.75, 3.05) is 28.3 Å². The van der Waals surface area contributed by atoms with Crippen molar-refractivity contribution in [3.63, 3.8) is 0 Å². The monoisotopic (exact) mass is 2040 g/mol. The van der Waals surface area contributed by atoms with Gasteiger partial charge in [-0.3, -0.25) is 45.5 Å². The summed E-state index contributed by atoms with van der Waals surface area (Å²) in [6.45, 7) is 25.0. The number of carbonyl (C=O) groups excluding carboxylic acids is 1. The SMILES string of the molecule is C.C.C.C.CCOC(=N)c1ccc(NCc2cnc(C)c(O)c2CO)cc1.Cc1ncc(C=Nc2ccc(C#N)cc2)c2c1OC(C)(C)OC2.Cc1ncc(C=O)c2c1OC(C)(C)OC2.Cc1ncc(CNc2ccc(C#N)cc2)c2c1OC(C)(C)OC2.Cc1ncc(CNc2ccc(C(=N)N)cc2)c(CO)c1O.N#Cc1ccc(N)cc1.[I][V]([I])[I]. The van der Waals surface area contributed by atoms with Gasteiger partial charge in [-0.15, -0.1) is 0 Å². The van der Waals surface area contributed by atoms with Gasteiger partial charge in [-0.25, -0.2) is 0 Å². The van der Waals surface area contributed by atoms with Crippen LogP contribution in [-0.2, 0) is 76.5 Å². The summed E-state index contributed by atoms with van der Waals surface area (Å²) in [4.78, 5) is 36.1. The first-order valence-corrected chi connectivity index (χ1v) is 50.1. The van der Waals surface area contributed by atoms with Gasteiger partial charge in [-0.05, 0) is 180 Å². The van der Waals surface area contributed by atoms with Crippen LogP contribution in [0.5, 0.6) is 28.7 Å². The van der Waals surface area contributed by atoms with E-state index in [4.69, 9.17) is 71.2 Å². The molecule has 0 unspecified atom stereocenters. The molecule has 0 radical (unpaired) electrons. The second kappa shape index (κ2) is 50.7. The van der Waals surface area contributed by atoms with Crippen LogP contribution < -0.4 is 41.6 Å². The Labute approximate surface area is 754 Å². The van der Waals surface area contributed by atoms with Crippen molar-refractivity contribution in [2.45, 2.75) is 183 Å². The molecule has 0 atom stereocenters. The third-order valence-corrected chi connectivity index (χ3v) is 17.6. The van der Waals surface area contributed by atoms with Crippen LogP contribution in [-0.4, -0.2) is 93.5 Å². The zero-order chi connectivity index (χ0) is 86.4. The number of fused-ring (bicyclic) bond motifs is 3. The number of nitrogen functional groups attached to an aromatic ring is 2. The Morgan fingerprint density at radius 1 is 0.525 bits per heavy atom. The van der Waals surface area contributed by atoms with Gasteiger partial charge in [0.25, 0.3) is 0 Å². The Morgan fingerprint density at radius 3 is 1.24 bits per heavy atom. The van der Waals surface area contributed by atoms with Crippen LogP contribution in [0.25, 0.3) is 0 Å².